The van der Waals surface area contributed by atoms with Crippen molar-refractivity contribution in [2.45, 2.75) is 13.3 Å². The Hall–Kier alpha value is -2.21. The van der Waals surface area contributed by atoms with Crippen LogP contribution in [0.5, 0.6) is 0 Å². The average molecular weight is 394 g/mol. The number of aryl methyl sites for hydroxylation is 2. The molecule has 0 bridgehead atoms. The third-order valence-corrected chi connectivity index (χ3v) is 3.51. The van der Waals surface area contributed by atoms with E-state index in [0.717, 1.165) is 17.9 Å². The van der Waals surface area contributed by atoms with Gasteiger partial charge >= 0.3 is 33.0 Å². The number of halogens is 6. The van der Waals surface area contributed by atoms with Gasteiger partial charge in [-0.2, -0.15) is 0 Å². The number of hydrogen-bond acceptors (Lipinski definition) is 1. The van der Waals surface area contributed by atoms with E-state index in [-0.39, 0.29) is 0 Å². The minimum absolute atomic E-state index is 0.932. The summed E-state index contributed by atoms with van der Waals surface area (Å²) in [6.07, 6.45) is 0.932. The number of benzene rings is 2. The molecule has 3 aromatic rings. The predicted molar refractivity (Wildman–Crippen MR) is 91.3 cm³/mol. The van der Waals surface area contributed by atoms with E-state index in [1.54, 1.807) is 0 Å². The quantitative estimate of drug-likeness (QED) is 0.269. The number of rotatable bonds is 2. The van der Waals surface area contributed by atoms with Gasteiger partial charge in [0.15, 0.2) is 5.69 Å². The zero-order chi connectivity index (χ0) is 19.7. The molecule has 1 heterocycles. The second-order valence-corrected chi connectivity index (χ2v) is 7.55. The van der Waals surface area contributed by atoms with Crippen molar-refractivity contribution in [3.63, 3.8) is 0 Å². The topological polar surface area (TPSA) is 16.8 Å². The van der Waals surface area contributed by atoms with E-state index >= 15 is 0 Å². The van der Waals surface area contributed by atoms with Crippen molar-refractivity contribution in [2.75, 3.05) is 0 Å². The summed E-state index contributed by atoms with van der Waals surface area (Å²) >= 11 is 0. The van der Waals surface area contributed by atoms with E-state index in [1.165, 1.54) is 16.5 Å². The molecule has 142 valence electrons. The van der Waals surface area contributed by atoms with Crippen molar-refractivity contribution in [3.8, 4) is 11.3 Å². The molecule has 0 aliphatic heterocycles. The molecule has 0 saturated carbocycles. The van der Waals surface area contributed by atoms with Gasteiger partial charge in [-0.15, -0.1) is 0 Å². The zero-order valence-electron chi connectivity index (χ0n) is 14.0. The van der Waals surface area contributed by atoms with Gasteiger partial charge in [0.1, 0.15) is 5.52 Å². The molecule has 0 amide bonds. The Morgan fingerprint density at radius 1 is 0.846 bits per heavy atom. The van der Waals surface area contributed by atoms with Crippen LogP contribution >= 0.6 is 7.81 Å². The van der Waals surface area contributed by atoms with Crippen LogP contribution in [-0.4, -0.2) is 4.98 Å². The molecule has 0 atom stereocenters. The van der Waals surface area contributed by atoms with E-state index < -0.39 is 7.81 Å². The maximum atomic E-state index is 9.87. The van der Waals surface area contributed by atoms with Gasteiger partial charge in [0.25, 0.3) is 5.82 Å². The third kappa shape index (κ3) is 6.26. The zero-order valence-corrected chi connectivity index (χ0v) is 14.9. The molecule has 0 unspecified atom stereocenters. The first-order valence-corrected chi connectivity index (χ1v) is 9.68. The van der Waals surface area contributed by atoms with Gasteiger partial charge in [-0.3, -0.25) is 0 Å². The van der Waals surface area contributed by atoms with Crippen LogP contribution in [0.1, 0.15) is 12.7 Å². The van der Waals surface area contributed by atoms with E-state index in [1.807, 2.05) is 6.07 Å². The first kappa shape index (κ1) is 20.1. The molecule has 1 aromatic heterocycles. The second-order valence-electron chi connectivity index (χ2n) is 5.63. The molecule has 3 rings (SSSR count). The van der Waals surface area contributed by atoms with Crippen LogP contribution in [0.2, 0.25) is 0 Å². The number of nitrogens with zero attached hydrogens (tertiary/aromatic N) is 2. The van der Waals surface area contributed by atoms with Gasteiger partial charge in [0.05, 0.1) is 18.9 Å². The molecule has 0 saturated heterocycles. The molecule has 0 aliphatic rings. The maximum absolute atomic E-state index is 10.7. The van der Waals surface area contributed by atoms with Crippen molar-refractivity contribution in [2.24, 2.45) is 7.05 Å². The standard InChI is InChI=1S/C17H17N2.F6P/c1-3-16-18-17(13-9-5-4-6-10-13)14-11-7-8-12-15(14)19(16)2;1-7(2,3,4,5)6/h4-12H,3H2,1-2H3;/q+1;-1. The molecule has 0 N–H and O–H groups in total. The van der Waals surface area contributed by atoms with Crippen molar-refractivity contribution in [1.82, 2.24) is 4.98 Å². The molecular weight excluding hydrogens is 377 g/mol. The van der Waals surface area contributed by atoms with Crippen molar-refractivity contribution >= 4 is 18.7 Å². The average Bonchev–Trinajstić information content (AvgIpc) is 2.53. The van der Waals surface area contributed by atoms with Gasteiger partial charge in [-0.05, 0) is 17.1 Å². The van der Waals surface area contributed by atoms with Gasteiger partial charge in [0.2, 0.25) is 0 Å². The summed E-state index contributed by atoms with van der Waals surface area (Å²) in [5, 5.41) is 1.20. The van der Waals surface area contributed by atoms with E-state index in [9.17, 15) is 25.2 Å². The summed E-state index contributed by atoms with van der Waals surface area (Å²) in [7, 11) is -8.57. The molecule has 2 nitrogen and oxygen atoms in total. The normalized spacial score (nSPS) is 14.2. The Morgan fingerprint density at radius 3 is 1.88 bits per heavy atom. The Labute approximate surface area is 146 Å². The SMILES string of the molecule is CCc1nc(-c2ccccc2)c2ccccc2[n+]1C.F[P-](F)(F)(F)(F)F. The first-order chi connectivity index (χ1) is 11.8. The van der Waals surface area contributed by atoms with Crippen LogP contribution in [0.25, 0.3) is 22.2 Å². The fourth-order valence-electron chi connectivity index (χ4n) is 2.50. The van der Waals surface area contributed by atoms with Crippen molar-refractivity contribution in [1.29, 1.82) is 0 Å². The number of aromatic nitrogens is 2. The summed E-state index contributed by atoms with van der Waals surface area (Å²) in [5.74, 6) is 1.11. The van der Waals surface area contributed by atoms with Crippen molar-refractivity contribution < 1.29 is 29.7 Å². The fourth-order valence-corrected chi connectivity index (χ4v) is 2.50. The molecule has 2 aromatic carbocycles. The summed E-state index contributed by atoms with van der Waals surface area (Å²) in [6.45, 7) is 2.14. The van der Waals surface area contributed by atoms with Crippen LogP contribution < -0.4 is 4.57 Å². The van der Waals surface area contributed by atoms with E-state index in [2.05, 4.69) is 67.1 Å². The minimum atomic E-state index is -10.7. The van der Waals surface area contributed by atoms with Crippen molar-refractivity contribution in [3.05, 3.63) is 60.4 Å². The summed E-state index contributed by atoms with van der Waals surface area (Å²) in [6, 6.07) is 18.8. The van der Waals surface area contributed by atoms with Gasteiger partial charge < -0.3 is 0 Å². The van der Waals surface area contributed by atoms with Crippen LogP contribution in [0, 0.1) is 0 Å². The Kier molecular flexibility index (Phi) is 4.79. The Morgan fingerprint density at radius 2 is 1.35 bits per heavy atom. The third-order valence-electron chi connectivity index (χ3n) is 3.51. The fraction of sp³-hybridized carbons (Fsp3) is 0.176. The van der Waals surface area contributed by atoms with Crippen LogP contribution in [0.15, 0.2) is 54.6 Å². The molecule has 9 heteroatoms. The molecule has 0 fully saturated rings. The summed E-state index contributed by atoms with van der Waals surface area (Å²) < 4.78 is 61.4. The molecule has 26 heavy (non-hydrogen) atoms. The molecule has 0 aliphatic carbocycles. The number of hydrogen-bond donors (Lipinski definition) is 0. The molecule has 0 radical (unpaired) electrons. The molecule has 0 spiro atoms. The van der Waals surface area contributed by atoms with Gasteiger partial charge in [-0.25, -0.2) is 4.57 Å². The predicted octanol–water partition coefficient (Wildman–Crippen LogP) is 6.67. The first-order valence-electron chi connectivity index (χ1n) is 7.65. The Balaban J connectivity index is 0.000000298. The number of fused-ring (bicyclic) bond motifs is 1. The van der Waals surface area contributed by atoms with Crippen LogP contribution in [-0.2, 0) is 13.5 Å². The monoisotopic (exact) mass is 394 g/mol. The summed E-state index contributed by atoms with van der Waals surface area (Å²) in [5.41, 5.74) is 3.48. The summed E-state index contributed by atoms with van der Waals surface area (Å²) in [4.78, 5) is 4.85. The van der Waals surface area contributed by atoms with Gasteiger partial charge in [0, 0.05) is 5.56 Å². The van der Waals surface area contributed by atoms with Crippen LogP contribution in [0.4, 0.5) is 25.2 Å². The molecular formula is C17H17F6N2P. The van der Waals surface area contributed by atoms with Gasteiger partial charge in [-0.1, -0.05) is 49.4 Å². The van der Waals surface area contributed by atoms with E-state index in [4.69, 9.17) is 4.98 Å². The van der Waals surface area contributed by atoms with Crippen LogP contribution in [0.3, 0.4) is 0 Å². The number of para-hydroxylation sites is 1. The Bertz CT molecular complexity index is 914. The second kappa shape index (κ2) is 6.20. The van der Waals surface area contributed by atoms with E-state index in [0.29, 0.717) is 0 Å².